The predicted molar refractivity (Wildman–Crippen MR) is 56.7 cm³/mol. The molecule has 3 rings (SSSR count). The Morgan fingerprint density at radius 2 is 1.67 bits per heavy atom. The topological polar surface area (TPSA) is 37.3 Å². The van der Waals surface area contributed by atoms with Crippen LogP contribution in [0, 0.1) is 5.41 Å². The quantitative estimate of drug-likeness (QED) is 0.818. The fourth-order valence-electron chi connectivity index (χ4n) is 2.95. The minimum absolute atomic E-state index is 0.0277. The van der Waals surface area contributed by atoms with Gasteiger partial charge in [0.1, 0.15) is 0 Å². The molecule has 0 heterocycles. The first-order chi connectivity index (χ1) is 7.21. The van der Waals surface area contributed by atoms with Crippen molar-refractivity contribution < 1.29 is 9.90 Å². The molecule has 0 bridgehead atoms. The van der Waals surface area contributed by atoms with Crippen molar-refractivity contribution in [2.24, 2.45) is 5.41 Å². The molecule has 0 amide bonds. The van der Waals surface area contributed by atoms with Crippen LogP contribution in [0.1, 0.15) is 31.2 Å². The van der Waals surface area contributed by atoms with E-state index >= 15 is 0 Å². The summed E-state index contributed by atoms with van der Waals surface area (Å²) in [6, 6.07) is 10.2. The maximum atomic E-state index is 11.3. The molecule has 2 saturated carbocycles. The molecule has 0 aromatic heterocycles. The van der Waals surface area contributed by atoms with Gasteiger partial charge in [0.15, 0.2) is 0 Å². The Morgan fingerprint density at radius 3 is 2.07 bits per heavy atom. The average Bonchev–Trinajstić information content (AvgIpc) is 3.12. The van der Waals surface area contributed by atoms with Crippen molar-refractivity contribution in [3.63, 3.8) is 0 Å². The predicted octanol–water partition coefficient (Wildman–Crippen LogP) is 2.58. The van der Waals surface area contributed by atoms with Gasteiger partial charge in [-0.2, -0.15) is 0 Å². The molecule has 0 saturated heterocycles. The van der Waals surface area contributed by atoms with E-state index in [1.165, 1.54) is 5.56 Å². The molecular weight excluding hydrogens is 188 g/mol. The zero-order valence-corrected chi connectivity index (χ0v) is 8.57. The van der Waals surface area contributed by atoms with Crippen LogP contribution in [0.25, 0.3) is 0 Å². The first-order valence-corrected chi connectivity index (χ1v) is 5.50. The monoisotopic (exact) mass is 202 g/mol. The van der Waals surface area contributed by atoms with Gasteiger partial charge < -0.3 is 5.11 Å². The lowest BCUT2D eigenvalue weighted by atomic mass is 9.80. The van der Waals surface area contributed by atoms with E-state index in [-0.39, 0.29) is 5.41 Å². The molecule has 0 radical (unpaired) electrons. The zero-order valence-electron chi connectivity index (χ0n) is 8.57. The minimum atomic E-state index is -0.594. The SMILES string of the molecule is O=C(O)C1(C2(c3ccccc3)CC2)CC1. The molecule has 2 heteroatoms. The van der Waals surface area contributed by atoms with E-state index in [0.29, 0.717) is 0 Å². The van der Waals surface area contributed by atoms with Crippen LogP contribution in [0.5, 0.6) is 0 Å². The van der Waals surface area contributed by atoms with Crippen LogP contribution < -0.4 is 0 Å². The third-order valence-corrected chi connectivity index (χ3v) is 4.15. The second-order valence-electron chi connectivity index (χ2n) is 4.84. The fraction of sp³-hybridized carbons (Fsp3) is 0.462. The lowest BCUT2D eigenvalue weighted by Crippen LogP contribution is -2.30. The van der Waals surface area contributed by atoms with E-state index in [4.69, 9.17) is 0 Å². The smallest absolute Gasteiger partial charge is 0.310 e. The van der Waals surface area contributed by atoms with Gasteiger partial charge >= 0.3 is 5.97 Å². The van der Waals surface area contributed by atoms with Crippen LogP contribution in [0.3, 0.4) is 0 Å². The first-order valence-electron chi connectivity index (χ1n) is 5.50. The number of benzene rings is 1. The van der Waals surface area contributed by atoms with Crippen molar-refractivity contribution in [3.05, 3.63) is 35.9 Å². The second kappa shape index (κ2) is 2.63. The summed E-state index contributed by atoms with van der Waals surface area (Å²) < 4.78 is 0. The Labute approximate surface area is 88.9 Å². The lowest BCUT2D eigenvalue weighted by molar-refractivity contribution is -0.144. The lowest BCUT2D eigenvalue weighted by Gasteiger charge is -2.23. The van der Waals surface area contributed by atoms with Crippen molar-refractivity contribution in [1.82, 2.24) is 0 Å². The van der Waals surface area contributed by atoms with Crippen LogP contribution >= 0.6 is 0 Å². The van der Waals surface area contributed by atoms with E-state index in [9.17, 15) is 9.90 Å². The van der Waals surface area contributed by atoms with Gasteiger partial charge in [0, 0.05) is 5.41 Å². The Bertz CT molecular complexity index is 400. The van der Waals surface area contributed by atoms with Crippen LogP contribution in [0.4, 0.5) is 0 Å². The maximum absolute atomic E-state index is 11.3. The molecule has 1 aromatic carbocycles. The Kier molecular flexibility index (Phi) is 1.57. The van der Waals surface area contributed by atoms with Crippen molar-refractivity contribution >= 4 is 5.97 Å². The number of carbonyl (C=O) groups is 1. The molecule has 1 aromatic rings. The van der Waals surface area contributed by atoms with Crippen molar-refractivity contribution in [1.29, 1.82) is 0 Å². The van der Waals surface area contributed by atoms with Gasteiger partial charge in [-0.15, -0.1) is 0 Å². The van der Waals surface area contributed by atoms with E-state index in [1.54, 1.807) is 0 Å². The van der Waals surface area contributed by atoms with E-state index < -0.39 is 11.4 Å². The van der Waals surface area contributed by atoms with Crippen LogP contribution in [-0.2, 0) is 10.2 Å². The maximum Gasteiger partial charge on any atom is 0.310 e. The van der Waals surface area contributed by atoms with Gasteiger partial charge in [-0.1, -0.05) is 30.3 Å². The molecule has 2 fully saturated rings. The van der Waals surface area contributed by atoms with Crippen molar-refractivity contribution in [2.45, 2.75) is 31.1 Å². The van der Waals surface area contributed by atoms with Crippen LogP contribution in [-0.4, -0.2) is 11.1 Å². The third kappa shape index (κ3) is 1.02. The van der Waals surface area contributed by atoms with Gasteiger partial charge in [0.2, 0.25) is 0 Å². The number of aliphatic carboxylic acids is 1. The summed E-state index contributed by atoms with van der Waals surface area (Å²) in [4.78, 5) is 11.3. The fourth-order valence-corrected chi connectivity index (χ4v) is 2.95. The number of hydrogen-bond donors (Lipinski definition) is 1. The summed E-state index contributed by atoms with van der Waals surface area (Å²) in [5.74, 6) is -0.594. The summed E-state index contributed by atoms with van der Waals surface area (Å²) in [5.41, 5.74) is 0.777. The molecule has 1 N–H and O–H groups in total. The molecule has 0 spiro atoms. The highest BCUT2D eigenvalue weighted by Gasteiger charge is 2.70. The van der Waals surface area contributed by atoms with Gasteiger partial charge in [-0.25, -0.2) is 0 Å². The van der Waals surface area contributed by atoms with E-state index in [2.05, 4.69) is 12.1 Å². The molecule has 0 atom stereocenters. The first kappa shape index (κ1) is 8.96. The van der Waals surface area contributed by atoms with E-state index in [1.807, 2.05) is 18.2 Å². The summed E-state index contributed by atoms with van der Waals surface area (Å²) in [6.07, 6.45) is 3.81. The Morgan fingerprint density at radius 1 is 1.07 bits per heavy atom. The molecule has 0 aliphatic heterocycles. The van der Waals surface area contributed by atoms with Gasteiger partial charge in [0.25, 0.3) is 0 Å². The summed E-state index contributed by atoms with van der Waals surface area (Å²) >= 11 is 0. The molecule has 2 nitrogen and oxygen atoms in total. The summed E-state index contributed by atoms with van der Waals surface area (Å²) in [6.45, 7) is 0. The zero-order chi connectivity index (χ0) is 10.5. The number of rotatable bonds is 3. The Hall–Kier alpha value is -1.31. The highest BCUT2D eigenvalue weighted by atomic mass is 16.4. The molecular formula is C13H14O2. The second-order valence-corrected chi connectivity index (χ2v) is 4.84. The number of carboxylic acids is 1. The van der Waals surface area contributed by atoms with Crippen molar-refractivity contribution in [2.75, 3.05) is 0 Å². The van der Waals surface area contributed by atoms with Crippen LogP contribution in [0.2, 0.25) is 0 Å². The Balaban J connectivity index is 2.03. The average molecular weight is 202 g/mol. The van der Waals surface area contributed by atoms with Gasteiger partial charge in [-0.05, 0) is 31.2 Å². The number of hydrogen-bond acceptors (Lipinski definition) is 1. The minimum Gasteiger partial charge on any atom is -0.481 e. The van der Waals surface area contributed by atoms with E-state index in [0.717, 1.165) is 25.7 Å². The molecule has 2 aliphatic rings. The molecule has 0 unspecified atom stereocenters. The molecule has 2 aliphatic carbocycles. The third-order valence-electron chi connectivity index (χ3n) is 4.15. The highest BCUT2D eigenvalue weighted by Crippen LogP contribution is 2.70. The molecule has 15 heavy (non-hydrogen) atoms. The largest absolute Gasteiger partial charge is 0.481 e. The van der Waals surface area contributed by atoms with Crippen LogP contribution in [0.15, 0.2) is 30.3 Å². The highest BCUT2D eigenvalue weighted by molar-refractivity contribution is 5.81. The summed E-state index contributed by atoms with van der Waals surface area (Å²) in [7, 11) is 0. The van der Waals surface area contributed by atoms with Gasteiger partial charge in [-0.3, -0.25) is 4.79 Å². The van der Waals surface area contributed by atoms with Gasteiger partial charge in [0.05, 0.1) is 5.41 Å². The number of carboxylic acid groups (broad SMARTS) is 1. The molecule has 78 valence electrons. The standard InChI is InChI=1S/C13H14O2/c14-11(15)13(8-9-13)12(6-7-12)10-4-2-1-3-5-10/h1-5H,6-9H2,(H,14,15). The van der Waals surface area contributed by atoms with Crippen molar-refractivity contribution in [3.8, 4) is 0 Å². The normalized spacial score (nSPS) is 24.5. The summed E-state index contributed by atoms with van der Waals surface area (Å²) in [5, 5.41) is 9.34.